The van der Waals surface area contributed by atoms with E-state index in [2.05, 4.69) is 5.32 Å². The molecule has 6 heteroatoms. The molecule has 1 heterocycles. The average molecular weight is 338 g/mol. The molecule has 3 aliphatic rings. The Labute approximate surface area is 143 Å². The molecule has 6 nitrogen and oxygen atoms in total. The van der Waals surface area contributed by atoms with Gasteiger partial charge in [0.05, 0.1) is 18.1 Å². The maximum atomic E-state index is 12.3. The molecule has 2 aliphatic carbocycles. The number of aliphatic carboxylic acids is 1. The Kier molecular flexibility index (Phi) is 5.64. The van der Waals surface area contributed by atoms with E-state index in [4.69, 9.17) is 4.74 Å². The molecular weight excluding hydrogens is 308 g/mol. The Bertz CT molecular complexity index is 462. The molecule has 3 rings (SSSR count). The number of carbonyl (C=O) groups excluding carboxylic acids is 1. The molecule has 2 N–H and O–H groups in total. The van der Waals surface area contributed by atoms with Crippen molar-refractivity contribution in [2.24, 2.45) is 11.3 Å². The number of ether oxygens (including phenoxy) is 1. The lowest BCUT2D eigenvalue weighted by Gasteiger charge is -2.23. The monoisotopic (exact) mass is 338 g/mol. The number of urea groups is 1. The number of carboxylic acids is 1. The van der Waals surface area contributed by atoms with E-state index in [1.165, 1.54) is 25.7 Å². The zero-order chi connectivity index (χ0) is 17.0. The molecule has 0 aromatic carbocycles. The number of carboxylic acid groups (broad SMARTS) is 1. The second kappa shape index (κ2) is 7.72. The van der Waals surface area contributed by atoms with Crippen LogP contribution in [-0.2, 0) is 9.53 Å². The molecule has 0 spiro atoms. The van der Waals surface area contributed by atoms with Gasteiger partial charge in [0.15, 0.2) is 0 Å². The number of rotatable bonds is 5. The van der Waals surface area contributed by atoms with Crippen molar-refractivity contribution in [1.82, 2.24) is 10.2 Å². The summed E-state index contributed by atoms with van der Waals surface area (Å²) in [7, 11) is 0. The standard InChI is InChI=1S/C18H30N2O4/c21-16(22)18-9-5-6-14(18)12-20(13-18)17(23)19-10-11-24-15-7-3-1-2-4-8-15/h14-15H,1-13H2,(H,19,23)(H,21,22)/t14-,18+/m0/s1. The van der Waals surface area contributed by atoms with Gasteiger partial charge in [-0.1, -0.05) is 32.1 Å². The van der Waals surface area contributed by atoms with E-state index in [0.29, 0.717) is 38.8 Å². The van der Waals surface area contributed by atoms with E-state index in [9.17, 15) is 14.7 Å². The zero-order valence-electron chi connectivity index (χ0n) is 14.5. The predicted octanol–water partition coefficient (Wildman–Crippen LogP) is 2.62. The van der Waals surface area contributed by atoms with Crippen LogP contribution in [0.5, 0.6) is 0 Å². The Morgan fingerprint density at radius 3 is 2.54 bits per heavy atom. The number of hydrogen-bond donors (Lipinski definition) is 2. The highest BCUT2D eigenvalue weighted by Crippen LogP contribution is 2.48. The molecule has 2 atom stereocenters. The minimum atomic E-state index is -0.739. The third kappa shape index (κ3) is 3.68. The smallest absolute Gasteiger partial charge is 0.317 e. The summed E-state index contributed by atoms with van der Waals surface area (Å²) in [6.07, 6.45) is 10.3. The van der Waals surface area contributed by atoms with Crippen LogP contribution in [0.3, 0.4) is 0 Å². The summed E-state index contributed by atoms with van der Waals surface area (Å²) < 4.78 is 5.88. The van der Waals surface area contributed by atoms with Gasteiger partial charge in [0.25, 0.3) is 0 Å². The molecular formula is C18H30N2O4. The van der Waals surface area contributed by atoms with Crippen molar-refractivity contribution in [2.75, 3.05) is 26.2 Å². The number of nitrogens with one attached hydrogen (secondary N) is 1. The van der Waals surface area contributed by atoms with Crippen molar-refractivity contribution in [3.05, 3.63) is 0 Å². The van der Waals surface area contributed by atoms with Crippen LogP contribution in [0.4, 0.5) is 4.79 Å². The summed E-state index contributed by atoms with van der Waals surface area (Å²) in [4.78, 5) is 25.7. The van der Waals surface area contributed by atoms with Crippen molar-refractivity contribution in [3.63, 3.8) is 0 Å². The molecule has 2 saturated carbocycles. The van der Waals surface area contributed by atoms with E-state index in [0.717, 1.165) is 25.7 Å². The number of fused-ring (bicyclic) bond motifs is 1. The van der Waals surface area contributed by atoms with Gasteiger partial charge in [0, 0.05) is 19.6 Å². The summed E-state index contributed by atoms with van der Waals surface area (Å²) >= 11 is 0. The maximum absolute atomic E-state index is 12.3. The third-order valence-electron chi connectivity index (χ3n) is 6.12. The number of hydrogen-bond acceptors (Lipinski definition) is 3. The number of amides is 2. The third-order valence-corrected chi connectivity index (χ3v) is 6.12. The van der Waals surface area contributed by atoms with E-state index < -0.39 is 11.4 Å². The first-order valence-corrected chi connectivity index (χ1v) is 9.49. The SMILES string of the molecule is O=C(NCCOC1CCCCCC1)N1C[C@@H]2CCC[C@@]2(C(=O)O)C1. The first kappa shape index (κ1) is 17.5. The molecule has 136 valence electrons. The quantitative estimate of drug-likeness (QED) is 0.596. The zero-order valence-corrected chi connectivity index (χ0v) is 14.5. The van der Waals surface area contributed by atoms with Crippen LogP contribution in [0.15, 0.2) is 0 Å². The van der Waals surface area contributed by atoms with Crippen LogP contribution in [0.1, 0.15) is 57.8 Å². The van der Waals surface area contributed by atoms with E-state index in [1.807, 2.05) is 0 Å². The Balaban J connectivity index is 1.39. The summed E-state index contributed by atoms with van der Waals surface area (Å²) in [5, 5.41) is 12.5. The Morgan fingerprint density at radius 1 is 1.12 bits per heavy atom. The maximum Gasteiger partial charge on any atom is 0.317 e. The van der Waals surface area contributed by atoms with Crippen LogP contribution < -0.4 is 5.32 Å². The minimum Gasteiger partial charge on any atom is -0.481 e. The fourth-order valence-corrected chi connectivity index (χ4v) is 4.70. The fourth-order valence-electron chi connectivity index (χ4n) is 4.70. The summed E-state index contributed by atoms with van der Waals surface area (Å²) in [5.41, 5.74) is -0.700. The number of likely N-dealkylation sites (tertiary alicyclic amines) is 1. The number of nitrogens with zero attached hydrogens (tertiary/aromatic N) is 1. The molecule has 2 amide bonds. The predicted molar refractivity (Wildman–Crippen MR) is 89.8 cm³/mol. The lowest BCUT2D eigenvalue weighted by molar-refractivity contribution is -0.149. The van der Waals surface area contributed by atoms with E-state index in [-0.39, 0.29) is 11.9 Å². The Morgan fingerprint density at radius 2 is 1.88 bits per heavy atom. The van der Waals surface area contributed by atoms with Crippen LogP contribution in [-0.4, -0.2) is 54.4 Å². The van der Waals surface area contributed by atoms with Crippen LogP contribution >= 0.6 is 0 Å². The van der Waals surface area contributed by atoms with Crippen LogP contribution in [0.2, 0.25) is 0 Å². The normalized spacial score (nSPS) is 30.8. The van der Waals surface area contributed by atoms with Crippen molar-refractivity contribution in [2.45, 2.75) is 63.9 Å². The van der Waals surface area contributed by atoms with E-state index in [1.54, 1.807) is 4.90 Å². The van der Waals surface area contributed by atoms with Gasteiger partial charge in [-0.25, -0.2) is 4.79 Å². The Hall–Kier alpha value is -1.30. The van der Waals surface area contributed by atoms with Gasteiger partial charge < -0.3 is 20.1 Å². The van der Waals surface area contributed by atoms with Gasteiger partial charge in [-0.2, -0.15) is 0 Å². The second-order valence-corrected chi connectivity index (χ2v) is 7.65. The first-order chi connectivity index (χ1) is 11.6. The highest BCUT2D eigenvalue weighted by atomic mass is 16.5. The summed E-state index contributed by atoms with van der Waals surface area (Å²) in [6.45, 7) is 1.96. The summed E-state index contributed by atoms with van der Waals surface area (Å²) in [6, 6.07) is -0.144. The van der Waals surface area contributed by atoms with Gasteiger partial charge in [0.1, 0.15) is 0 Å². The van der Waals surface area contributed by atoms with Gasteiger partial charge >= 0.3 is 12.0 Å². The molecule has 0 unspecified atom stereocenters. The van der Waals surface area contributed by atoms with Crippen LogP contribution in [0.25, 0.3) is 0 Å². The molecule has 1 saturated heterocycles. The van der Waals surface area contributed by atoms with Crippen molar-refractivity contribution >= 4 is 12.0 Å². The molecule has 0 aromatic rings. The number of carbonyl (C=O) groups is 2. The van der Waals surface area contributed by atoms with Gasteiger partial charge in [-0.3, -0.25) is 4.79 Å². The highest BCUT2D eigenvalue weighted by Gasteiger charge is 2.55. The van der Waals surface area contributed by atoms with Gasteiger partial charge in [-0.15, -0.1) is 0 Å². The molecule has 3 fully saturated rings. The molecule has 0 bridgehead atoms. The van der Waals surface area contributed by atoms with E-state index >= 15 is 0 Å². The van der Waals surface area contributed by atoms with Crippen molar-refractivity contribution in [1.29, 1.82) is 0 Å². The largest absolute Gasteiger partial charge is 0.481 e. The first-order valence-electron chi connectivity index (χ1n) is 9.49. The van der Waals surface area contributed by atoms with Crippen LogP contribution in [0, 0.1) is 11.3 Å². The van der Waals surface area contributed by atoms with Gasteiger partial charge in [0.2, 0.25) is 0 Å². The van der Waals surface area contributed by atoms with Crippen molar-refractivity contribution < 1.29 is 19.4 Å². The lowest BCUT2D eigenvalue weighted by atomic mass is 9.81. The molecule has 0 aromatic heterocycles. The average Bonchev–Trinajstić information content (AvgIpc) is 3.01. The summed E-state index contributed by atoms with van der Waals surface area (Å²) in [5.74, 6) is -0.625. The highest BCUT2D eigenvalue weighted by molar-refractivity contribution is 5.80. The fraction of sp³-hybridized carbons (Fsp3) is 0.889. The molecule has 24 heavy (non-hydrogen) atoms. The van der Waals surface area contributed by atoms with Gasteiger partial charge in [-0.05, 0) is 31.6 Å². The minimum absolute atomic E-state index is 0.114. The van der Waals surface area contributed by atoms with Crippen molar-refractivity contribution in [3.8, 4) is 0 Å². The second-order valence-electron chi connectivity index (χ2n) is 7.65. The lowest BCUT2D eigenvalue weighted by Crippen LogP contribution is -2.42. The molecule has 0 radical (unpaired) electrons. The topological polar surface area (TPSA) is 78.9 Å². The molecule has 1 aliphatic heterocycles.